The highest BCUT2D eigenvalue weighted by atomic mass is 79.9. The Hall–Kier alpha value is -1.07. The van der Waals surface area contributed by atoms with Crippen LogP contribution in [0.2, 0.25) is 5.02 Å². The Bertz CT molecular complexity index is 505. The zero-order chi connectivity index (χ0) is 15.3. The number of benzene rings is 1. The molecule has 1 rings (SSSR count). The summed E-state index contributed by atoms with van der Waals surface area (Å²) in [7, 11) is 0. The molecule has 0 aromatic heterocycles. The normalized spacial score (nSPS) is 10.7. The number of carbonyl (C=O) groups excluding carboxylic acids is 1. The zero-order valence-electron chi connectivity index (χ0n) is 11.4. The fourth-order valence-corrected chi connectivity index (χ4v) is 2.66. The van der Waals surface area contributed by atoms with Crippen LogP contribution in [-0.2, 0) is 4.79 Å². The Balaban J connectivity index is 2.85. The summed E-state index contributed by atoms with van der Waals surface area (Å²) in [6, 6.07) is 5.00. The van der Waals surface area contributed by atoms with Gasteiger partial charge in [-0.15, -0.1) is 0 Å². The van der Waals surface area contributed by atoms with Gasteiger partial charge in [-0.05, 0) is 54.4 Å². The topological polar surface area (TPSA) is 57.6 Å². The molecule has 110 valence electrons. The first kappa shape index (κ1) is 17.0. The minimum absolute atomic E-state index is 0.00104. The zero-order valence-corrected chi connectivity index (χ0v) is 13.7. The molecule has 0 bridgehead atoms. The van der Waals surface area contributed by atoms with E-state index in [4.69, 9.17) is 16.7 Å². The smallest absolute Gasteiger partial charge is 0.303 e. The predicted octanol–water partition coefficient (Wildman–Crippen LogP) is 3.82. The van der Waals surface area contributed by atoms with E-state index in [1.807, 2.05) is 13.8 Å². The van der Waals surface area contributed by atoms with Crippen LogP contribution in [0.3, 0.4) is 0 Å². The molecule has 0 aliphatic carbocycles. The number of amides is 1. The van der Waals surface area contributed by atoms with Gasteiger partial charge in [0.05, 0.1) is 5.56 Å². The molecule has 0 spiro atoms. The summed E-state index contributed by atoms with van der Waals surface area (Å²) in [6.45, 7) is 4.23. The van der Waals surface area contributed by atoms with Crippen LogP contribution < -0.4 is 0 Å². The maximum absolute atomic E-state index is 12.5. The van der Waals surface area contributed by atoms with Crippen LogP contribution in [0.4, 0.5) is 0 Å². The number of aliphatic carboxylic acids is 1. The molecule has 0 fully saturated rings. The van der Waals surface area contributed by atoms with Crippen molar-refractivity contribution < 1.29 is 14.7 Å². The number of halogens is 2. The first-order chi connectivity index (χ1) is 9.32. The lowest BCUT2D eigenvalue weighted by Gasteiger charge is -2.27. The lowest BCUT2D eigenvalue weighted by atomic mass is 10.1. The minimum Gasteiger partial charge on any atom is -0.481 e. The van der Waals surface area contributed by atoms with Gasteiger partial charge in [0.15, 0.2) is 0 Å². The van der Waals surface area contributed by atoms with Crippen molar-refractivity contribution in [3.05, 3.63) is 33.3 Å². The summed E-state index contributed by atoms with van der Waals surface area (Å²) in [5.74, 6) is -0.984. The van der Waals surface area contributed by atoms with Gasteiger partial charge in [0.25, 0.3) is 5.91 Å². The molecule has 0 saturated carbocycles. The van der Waals surface area contributed by atoms with Crippen molar-refractivity contribution in [2.45, 2.75) is 32.7 Å². The van der Waals surface area contributed by atoms with E-state index >= 15 is 0 Å². The molecule has 1 aromatic rings. The SMILES string of the molecule is CC(C)N(CCCC(=O)O)C(=O)c1ccc(Cl)cc1Br. The Kier molecular flexibility index (Phi) is 6.49. The van der Waals surface area contributed by atoms with E-state index in [-0.39, 0.29) is 18.4 Å². The molecule has 0 saturated heterocycles. The number of hydrogen-bond acceptors (Lipinski definition) is 2. The highest BCUT2D eigenvalue weighted by molar-refractivity contribution is 9.10. The summed E-state index contributed by atoms with van der Waals surface area (Å²) in [5.41, 5.74) is 0.526. The van der Waals surface area contributed by atoms with E-state index < -0.39 is 5.97 Å². The highest BCUT2D eigenvalue weighted by Gasteiger charge is 2.20. The van der Waals surface area contributed by atoms with Gasteiger partial charge in [-0.25, -0.2) is 0 Å². The molecule has 6 heteroatoms. The summed E-state index contributed by atoms with van der Waals surface area (Å²) >= 11 is 9.19. The molecule has 4 nitrogen and oxygen atoms in total. The summed E-state index contributed by atoms with van der Waals surface area (Å²) in [6.07, 6.45) is 0.489. The van der Waals surface area contributed by atoms with Crippen LogP contribution in [-0.4, -0.2) is 34.5 Å². The Morgan fingerprint density at radius 2 is 2.05 bits per heavy atom. The van der Waals surface area contributed by atoms with Gasteiger partial charge in [-0.2, -0.15) is 0 Å². The maximum Gasteiger partial charge on any atom is 0.303 e. The van der Waals surface area contributed by atoms with Gasteiger partial charge < -0.3 is 10.0 Å². The molecule has 1 aromatic carbocycles. The number of hydrogen-bond donors (Lipinski definition) is 1. The lowest BCUT2D eigenvalue weighted by molar-refractivity contribution is -0.137. The second-order valence-corrected chi connectivity index (χ2v) is 6.00. The van der Waals surface area contributed by atoms with Gasteiger partial charge in [-0.3, -0.25) is 9.59 Å². The second-order valence-electron chi connectivity index (χ2n) is 4.71. The third kappa shape index (κ3) is 4.80. The van der Waals surface area contributed by atoms with Gasteiger partial charge in [0.2, 0.25) is 0 Å². The lowest BCUT2D eigenvalue weighted by Crippen LogP contribution is -2.38. The number of carbonyl (C=O) groups is 2. The first-order valence-electron chi connectivity index (χ1n) is 6.30. The molecule has 0 radical (unpaired) electrons. The molecular formula is C14H17BrClNO3. The van der Waals surface area contributed by atoms with Crippen LogP contribution in [0.5, 0.6) is 0 Å². The molecular weight excluding hydrogens is 346 g/mol. The van der Waals surface area contributed by atoms with Crippen LogP contribution in [0, 0.1) is 0 Å². The first-order valence-corrected chi connectivity index (χ1v) is 7.48. The minimum atomic E-state index is -0.853. The quantitative estimate of drug-likeness (QED) is 0.837. The molecule has 0 unspecified atom stereocenters. The van der Waals surface area contributed by atoms with Crippen LogP contribution in [0.15, 0.2) is 22.7 Å². The molecule has 0 aliphatic rings. The molecule has 0 aliphatic heterocycles. The largest absolute Gasteiger partial charge is 0.481 e. The fourth-order valence-electron chi connectivity index (χ4n) is 1.81. The second kappa shape index (κ2) is 7.64. The number of carboxylic acids is 1. The summed E-state index contributed by atoms with van der Waals surface area (Å²) < 4.78 is 0.638. The van der Waals surface area contributed by atoms with Gasteiger partial charge in [0, 0.05) is 28.5 Å². The fraction of sp³-hybridized carbons (Fsp3) is 0.429. The van der Waals surface area contributed by atoms with E-state index in [1.54, 1.807) is 23.1 Å². The van der Waals surface area contributed by atoms with E-state index in [9.17, 15) is 9.59 Å². The molecule has 0 atom stereocenters. The van der Waals surface area contributed by atoms with Crippen molar-refractivity contribution in [3.63, 3.8) is 0 Å². The Morgan fingerprint density at radius 3 is 2.55 bits per heavy atom. The predicted molar refractivity (Wildman–Crippen MR) is 82.2 cm³/mol. The highest BCUT2D eigenvalue weighted by Crippen LogP contribution is 2.23. The van der Waals surface area contributed by atoms with E-state index in [0.29, 0.717) is 28.0 Å². The summed E-state index contributed by atoms with van der Waals surface area (Å²) in [5, 5.41) is 9.22. The standard InChI is InChI=1S/C14H17BrClNO3/c1-9(2)17(7-3-4-13(18)19)14(20)11-6-5-10(16)8-12(11)15/h5-6,8-9H,3-4,7H2,1-2H3,(H,18,19). The molecule has 0 heterocycles. The Labute approximate surface area is 131 Å². The van der Waals surface area contributed by atoms with Crippen molar-refractivity contribution in [3.8, 4) is 0 Å². The van der Waals surface area contributed by atoms with Crippen molar-refractivity contribution in [2.24, 2.45) is 0 Å². The summed E-state index contributed by atoms with van der Waals surface area (Å²) in [4.78, 5) is 24.7. The monoisotopic (exact) mass is 361 g/mol. The average Bonchev–Trinajstić information content (AvgIpc) is 2.33. The van der Waals surface area contributed by atoms with Crippen LogP contribution >= 0.6 is 27.5 Å². The van der Waals surface area contributed by atoms with Crippen molar-refractivity contribution in [1.29, 1.82) is 0 Å². The third-order valence-corrected chi connectivity index (χ3v) is 3.73. The number of carboxylic acid groups (broad SMARTS) is 1. The van der Waals surface area contributed by atoms with E-state index in [1.165, 1.54) is 0 Å². The van der Waals surface area contributed by atoms with E-state index in [2.05, 4.69) is 15.9 Å². The van der Waals surface area contributed by atoms with Gasteiger partial charge >= 0.3 is 5.97 Å². The third-order valence-electron chi connectivity index (χ3n) is 2.84. The van der Waals surface area contributed by atoms with Crippen molar-refractivity contribution >= 4 is 39.4 Å². The van der Waals surface area contributed by atoms with Crippen molar-refractivity contribution in [2.75, 3.05) is 6.54 Å². The average molecular weight is 363 g/mol. The molecule has 20 heavy (non-hydrogen) atoms. The Morgan fingerprint density at radius 1 is 1.40 bits per heavy atom. The van der Waals surface area contributed by atoms with Gasteiger partial charge in [-0.1, -0.05) is 11.6 Å². The number of rotatable bonds is 6. The molecule has 1 N–H and O–H groups in total. The molecule has 1 amide bonds. The van der Waals surface area contributed by atoms with Crippen molar-refractivity contribution in [1.82, 2.24) is 4.90 Å². The van der Waals surface area contributed by atoms with Crippen LogP contribution in [0.1, 0.15) is 37.0 Å². The van der Waals surface area contributed by atoms with E-state index in [0.717, 1.165) is 0 Å². The van der Waals surface area contributed by atoms with Gasteiger partial charge in [0.1, 0.15) is 0 Å². The maximum atomic E-state index is 12.5. The van der Waals surface area contributed by atoms with Crippen LogP contribution in [0.25, 0.3) is 0 Å². The number of nitrogens with zero attached hydrogens (tertiary/aromatic N) is 1.